The molecule has 0 aliphatic heterocycles. The van der Waals surface area contributed by atoms with E-state index in [1.54, 1.807) is 14.0 Å². The Kier molecular flexibility index (Phi) is 13.1. The van der Waals surface area contributed by atoms with Crippen LogP contribution in [0.15, 0.2) is 18.2 Å². The van der Waals surface area contributed by atoms with Crippen LogP contribution in [-0.4, -0.2) is 71.8 Å². The van der Waals surface area contributed by atoms with Crippen LogP contribution in [0.4, 0.5) is 20.5 Å². The molecule has 2 rings (SSSR count). The van der Waals surface area contributed by atoms with Crippen molar-refractivity contribution in [2.24, 2.45) is 0 Å². The number of esters is 1. The van der Waals surface area contributed by atoms with E-state index in [1.165, 1.54) is 4.90 Å². The summed E-state index contributed by atoms with van der Waals surface area (Å²) < 4.78 is 36.9. The highest BCUT2D eigenvalue weighted by Crippen LogP contribution is 2.29. The van der Waals surface area contributed by atoms with Crippen LogP contribution in [-0.2, 0) is 22.5 Å². The summed E-state index contributed by atoms with van der Waals surface area (Å²) in [6.07, 6.45) is 0.368. The van der Waals surface area contributed by atoms with E-state index in [4.69, 9.17) is 15.2 Å². The molecular formula is C27H41F2N5O4. The fourth-order valence-electron chi connectivity index (χ4n) is 4.33. The van der Waals surface area contributed by atoms with Crippen molar-refractivity contribution in [1.82, 2.24) is 14.9 Å². The van der Waals surface area contributed by atoms with Gasteiger partial charge in [0.25, 0.3) is 6.43 Å². The van der Waals surface area contributed by atoms with Gasteiger partial charge in [-0.05, 0) is 43.9 Å². The van der Waals surface area contributed by atoms with Gasteiger partial charge in [-0.25, -0.2) is 13.8 Å². The van der Waals surface area contributed by atoms with Crippen molar-refractivity contribution in [2.45, 2.75) is 71.9 Å². The third-order valence-corrected chi connectivity index (χ3v) is 6.15. The van der Waals surface area contributed by atoms with Gasteiger partial charge >= 0.3 is 5.97 Å². The Morgan fingerprint density at radius 1 is 1.24 bits per heavy atom. The predicted molar refractivity (Wildman–Crippen MR) is 144 cm³/mol. The van der Waals surface area contributed by atoms with E-state index in [0.717, 1.165) is 35.2 Å². The van der Waals surface area contributed by atoms with Crippen LogP contribution in [0.3, 0.4) is 0 Å². The highest BCUT2D eigenvalue weighted by atomic mass is 19.3. The van der Waals surface area contributed by atoms with Crippen molar-refractivity contribution in [3.8, 4) is 5.75 Å². The van der Waals surface area contributed by atoms with E-state index in [1.807, 2.05) is 25.1 Å². The van der Waals surface area contributed by atoms with Crippen LogP contribution in [0.2, 0.25) is 0 Å². The van der Waals surface area contributed by atoms with Gasteiger partial charge in [0.15, 0.2) is 0 Å². The average Bonchev–Trinajstić information content (AvgIpc) is 2.85. The molecule has 9 nitrogen and oxygen atoms in total. The van der Waals surface area contributed by atoms with E-state index in [-0.39, 0.29) is 44.7 Å². The second-order valence-electron chi connectivity index (χ2n) is 9.14. The largest absolute Gasteiger partial charge is 0.496 e. The Balaban J connectivity index is 2.27. The molecule has 38 heavy (non-hydrogen) atoms. The van der Waals surface area contributed by atoms with Crippen molar-refractivity contribution in [2.75, 3.05) is 44.5 Å². The maximum absolute atomic E-state index is 13.2. The molecule has 0 saturated heterocycles. The summed E-state index contributed by atoms with van der Waals surface area (Å²) in [4.78, 5) is 22.0. The first-order chi connectivity index (χ1) is 18.2. The van der Waals surface area contributed by atoms with Gasteiger partial charge in [0, 0.05) is 43.4 Å². The fourth-order valence-corrected chi connectivity index (χ4v) is 4.33. The molecule has 1 atom stereocenters. The number of carbonyl (C=O) groups is 1. The number of benzene rings is 1. The lowest BCUT2D eigenvalue weighted by Gasteiger charge is -2.23. The third kappa shape index (κ3) is 10.0. The molecular weight excluding hydrogens is 496 g/mol. The smallest absolute Gasteiger partial charge is 0.307 e. The molecule has 0 spiro atoms. The van der Waals surface area contributed by atoms with Crippen LogP contribution >= 0.6 is 0 Å². The number of carbonyl (C=O) groups excluding carboxylic acids is 1. The van der Waals surface area contributed by atoms with Crippen molar-refractivity contribution in [3.63, 3.8) is 0 Å². The number of aryl methyl sites for hydroxylation is 1. The molecule has 2 aromatic rings. The minimum Gasteiger partial charge on any atom is -0.496 e. The topological polar surface area (TPSA) is 123 Å². The van der Waals surface area contributed by atoms with E-state index in [2.05, 4.69) is 22.2 Å². The van der Waals surface area contributed by atoms with Crippen LogP contribution in [0.25, 0.3) is 0 Å². The zero-order valence-corrected chi connectivity index (χ0v) is 22.8. The summed E-state index contributed by atoms with van der Waals surface area (Å²) in [6, 6.07) is 5.63. The van der Waals surface area contributed by atoms with Crippen LogP contribution in [0.1, 0.15) is 61.9 Å². The third-order valence-electron chi connectivity index (χ3n) is 6.15. The van der Waals surface area contributed by atoms with Gasteiger partial charge in [0.05, 0.1) is 26.7 Å². The number of nitrogens with one attached hydrogen (secondary N) is 1. The standard InChI is InChI=1S/C27H41F2N5O4/c1-5-7-21(11-13-35)32-26-22(18(3)31-27(30)33-26)15-20-9-8-19(14-23(20)37-4)16-34(17-24(28)29)12-10-25(36)38-6-2/h8-9,14,21,24,35H,5-7,10-13,15-17H2,1-4H3,(H3,30,31,32,33). The lowest BCUT2D eigenvalue weighted by molar-refractivity contribution is -0.143. The summed E-state index contributed by atoms with van der Waals surface area (Å²) in [5.41, 5.74) is 9.18. The first-order valence-corrected chi connectivity index (χ1v) is 13.0. The number of alkyl halides is 2. The summed E-state index contributed by atoms with van der Waals surface area (Å²) in [5, 5.41) is 12.9. The molecule has 0 fully saturated rings. The number of hydrogen-bond donors (Lipinski definition) is 3. The monoisotopic (exact) mass is 537 g/mol. The summed E-state index contributed by atoms with van der Waals surface area (Å²) in [6.45, 7) is 5.91. The van der Waals surface area contributed by atoms with Crippen molar-refractivity contribution < 1.29 is 28.2 Å². The predicted octanol–water partition coefficient (Wildman–Crippen LogP) is 3.95. The van der Waals surface area contributed by atoms with E-state index < -0.39 is 18.9 Å². The number of nitrogen functional groups attached to an aromatic ring is 1. The number of halogens is 2. The normalized spacial score (nSPS) is 12.1. The molecule has 1 heterocycles. The van der Waals surface area contributed by atoms with Crippen LogP contribution < -0.4 is 15.8 Å². The molecule has 1 aromatic heterocycles. The SMILES string of the molecule is CCCC(CCO)Nc1nc(N)nc(C)c1Cc1ccc(CN(CCC(=O)OCC)CC(F)F)cc1OC. The van der Waals surface area contributed by atoms with Gasteiger partial charge in [-0.1, -0.05) is 25.5 Å². The Bertz CT molecular complexity index is 1020. The zero-order chi connectivity index (χ0) is 28.1. The Morgan fingerprint density at radius 3 is 2.63 bits per heavy atom. The molecule has 212 valence electrons. The minimum absolute atomic E-state index is 0.0390. The molecule has 4 N–H and O–H groups in total. The first-order valence-electron chi connectivity index (χ1n) is 13.0. The maximum atomic E-state index is 13.2. The van der Waals surface area contributed by atoms with Gasteiger partial charge in [-0.15, -0.1) is 0 Å². The Labute approximate surface area is 223 Å². The molecule has 0 aliphatic carbocycles. The number of nitrogens with two attached hydrogens (primary N) is 1. The summed E-state index contributed by atoms with van der Waals surface area (Å²) in [5.74, 6) is 0.977. The number of aromatic nitrogens is 2. The van der Waals surface area contributed by atoms with Gasteiger partial charge in [-0.3, -0.25) is 9.69 Å². The second-order valence-corrected chi connectivity index (χ2v) is 9.14. The fraction of sp³-hybridized carbons (Fsp3) is 0.593. The Morgan fingerprint density at radius 2 is 2.00 bits per heavy atom. The van der Waals surface area contributed by atoms with Crippen molar-refractivity contribution >= 4 is 17.7 Å². The highest BCUT2D eigenvalue weighted by molar-refractivity contribution is 5.69. The van der Waals surface area contributed by atoms with Crippen LogP contribution in [0.5, 0.6) is 5.75 Å². The lowest BCUT2D eigenvalue weighted by atomic mass is 10.0. The summed E-state index contributed by atoms with van der Waals surface area (Å²) in [7, 11) is 1.56. The highest BCUT2D eigenvalue weighted by Gasteiger charge is 2.19. The number of methoxy groups -OCH3 is 1. The number of rotatable bonds is 17. The number of anilines is 2. The van der Waals surface area contributed by atoms with Crippen molar-refractivity contribution in [3.05, 3.63) is 40.6 Å². The number of aliphatic hydroxyl groups is 1. The van der Waals surface area contributed by atoms with Gasteiger partial charge in [-0.2, -0.15) is 4.98 Å². The minimum atomic E-state index is -2.53. The number of nitrogens with zero attached hydrogens (tertiary/aromatic N) is 3. The zero-order valence-electron chi connectivity index (χ0n) is 22.8. The van der Waals surface area contributed by atoms with Gasteiger partial charge < -0.3 is 25.6 Å². The van der Waals surface area contributed by atoms with E-state index >= 15 is 0 Å². The molecule has 1 aromatic carbocycles. The lowest BCUT2D eigenvalue weighted by Crippen LogP contribution is -2.31. The number of aliphatic hydroxyl groups excluding tert-OH is 1. The molecule has 1 unspecified atom stereocenters. The van der Waals surface area contributed by atoms with Crippen molar-refractivity contribution in [1.29, 1.82) is 0 Å². The van der Waals surface area contributed by atoms with E-state index in [0.29, 0.717) is 24.4 Å². The Hall–Kier alpha value is -3.05. The van der Waals surface area contributed by atoms with E-state index in [9.17, 15) is 18.7 Å². The average molecular weight is 538 g/mol. The van der Waals surface area contributed by atoms with Gasteiger partial charge in [0.1, 0.15) is 11.6 Å². The van der Waals surface area contributed by atoms with Crippen LogP contribution in [0, 0.1) is 6.92 Å². The molecule has 0 bridgehead atoms. The molecule has 0 aliphatic rings. The summed E-state index contributed by atoms with van der Waals surface area (Å²) >= 11 is 0. The maximum Gasteiger partial charge on any atom is 0.307 e. The first kappa shape index (κ1) is 31.2. The quantitative estimate of drug-likeness (QED) is 0.257. The molecule has 0 amide bonds. The molecule has 11 heteroatoms. The second kappa shape index (κ2) is 16.0. The number of ether oxygens (including phenoxy) is 2. The molecule has 0 saturated carbocycles. The molecule has 0 radical (unpaired) electrons. The van der Waals surface area contributed by atoms with Gasteiger partial charge in [0.2, 0.25) is 5.95 Å². The number of hydrogen-bond acceptors (Lipinski definition) is 9.